The van der Waals surface area contributed by atoms with Crippen molar-refractivity contribution >= 4 is 53.7 Å². The van der Waals surface area contributed by atoms with E-state index in [9.17, 15) is 4.39 Å². The Morgan fingerprint density at radius 3 is 2.62 bits per heavy atom. The molecule has 1 aliphatic heterocycles. The van der Waals surface area contributed by atoms with Crippen molar-refractivity contribution in [2.24, 2.45) is 10.8 Å². The number of benzene rings is 2. The van der Waals surface area contributed by atoms with Crippen molar-refractivity contribution in [3.63, 3.8) is 0 Å². The van der Waals surface area contributed by atoms with Gasteiger partial charge in [-0.3, -0.25) is 5.43 Å². The van der Waals surface area contributed by atoms with Crippen molar-refractivity contribution in [1.29, 1.82) is 0 Å². The van der Waals surface area contributed by atoms with Gasteiger partial charge in [-0.15, -0.1) is 0 Å². The SMILES string of the molecule is NNC1=NC(c2cccc(Br)c2)CC(c2c(Br)ccc(Br)c2F)N1. The molecule has 0 spiro atoms. The summed E-state index contributed by atoms with van der Waals surface area (Å²) >= 11 is 10.2. The van der Waals surface area contributed by atoms with Gasteiger partial charge in [0, 0.05) is 14.5 Å². The topological polar surface area (TPSA) is 62.4 Å². The normalized spacial score (nSPS) is 20.3. The molecule has 8 heteroatoms. The molecule has 0 saturated heterocycles. The van der Waals surface area contributed by atoms with Gasteiger partial charge in [-0.1, -0.05) is 44.0 Å². The number of nitrogens with zero attached hydrogens (tertiary/aromatic N) is 1. The lowest BCUT2D eigenvalue weighted by Crippen LogP contribution is -2.46. The van der Waals surface area contributed by atoms with Crippen molar-refractivity contribution in [3.05, 3.63) is 66.8 Å². The van der Waals surface area contributed by atoms with Crippen LogP contribution >= 0.6 is 47.8 Å². The molecule has 0 saturated carbocycles. The van der Waals surface area contributed by atoms with Gasteiger partial charge in [0.25, 0.3) is 0 Å². The van der Waals surface area contributed by atoms with Crippen LogP contribution in [-0.2, 0) is 0 Å². The first-order chi connectivity index (χ1) is 11.5. The number of hydrogen-bond acceptors (Lipinski definition) is 4. The summed E-state index contributed by atoms with van der Waals surface area (Å²) in [5, 5.41) is 3.15. The van der Waals surface area contributed by atoms with Crippen LogP contribution in [0.4, 0.5) is 4.39 Å². The van der Waals surface area contributed by atoms with E-state index < -0.39 is 0 Å². The number of hydrogen-bond donors (Lipinski definition) is 3. The van der Waals surface area contributed by atoms with Gasteiger partial charge < -0.3 is 5.32 Å². The van der Waals surface area contributed by atoms with Crippen LogP contribution < -0.4 is 16.6 Å². The third-order valence-corrected chi connectivity index (χ3v) is 5.65. The fourth-order valence-electron chi connectivity index (χ4n) is 2.75. The molecule has 24 heavy (non-hydrogen) atoms. The summed E-state index contributed by atoms with van der Waals surface area (Å²) in [5.41, 5.74) is 4.13. The number of nitrogens with two attached hydrogens (primary N) is 1. The fraction of sp³-hybridized carbons (Fsp3) is 0.188. The molecule has 3 rings (SSSR count). The highest BCUT2D eigenvalue weighted by Gasteiger charge is 2.29. The minimum atomic E-state index is -0.298. The van der Waals surface area contributed by atoms with Crippen LogP contribution in [0.5, 0.6) is 0 Å². The Hall–Kier alpha value is -0.960. The van der Waals surface area contributed by atoms with Crippen molar-refractivity contribution in [2.75, 3.05) is 0 Å². The molecule has 4 N–H and O–H groups in total. The number of hydrazine groups is 1. The first-order valence-electron chi connectivity index (χ1n) is 7.19. The maximum absolute atomic E-state index is 14.7. The van der Waals surface area contributed by atoms with E-state index in [-0.39, 0.29) is 17.9 Å². The van der Waals surface area contributed by atoms with Crippen molar-refractivity contribution < 1.29 is 4.39 Å². The molecule has 1 heterocycles. The average molecular weight is 521 g/mol. The van der Waals surface area contributed by atoms with Crippen LogP contribution in [0.15, 0.2) is 54.8 Å². The first-order valence-corrected chi connectivity index (χ1v) is 9.57. The van der Waals surface area contributed by atoms with Crippen LogP contribution in [0, 0.1) is 5.82 Å². The zero-order chi connectivity index (χ0) is 17.3. The summed E-state index contributed by atoms with van der Waals surface area (Å²) in [4.78, 5) is 4.57. The summed E-state index contributed by atoms with van der Waals surface area (Å²) < 4.78 is 16.8. The number of aliphatic imine (C=N–C) groups is 1. The predicted molar refractivity (Wildman–Crippen MR) is 104 cm³/mol. The largest absolute Gasteiger partial charge is 0.348 e. The van der Waals surface area contributed by atoms with Crippen molar-refractivity contribution in [1.82, 2.24) is 10.7 Å². The third-order valence-electron chi connectivity index (χ3n) is 3.85. The highest BCUT2D eigenvalue weighted by molar-refractivity contribution is 9.11. The Bertz CT molecular complexity index is 797. The Kier molecular flexibility index (Phi) is 5.59. The Balaban J connectivity index is 2.00. The van der Waals surface area contributed by atoms with Gasteiger partial charge >= 0.3 is 0 Å². The van der Waals surface area contributed by atoms with Gasteiger partial charge in [-0.05, 0) is 52.2 Å². The number of halogens is 4. The molecule has 0 radical (unpaired) electrons. The minimum absolute atomic E-state index is 0.134. The van der Waals surface area contributed by atoms with Gasteiger partial charge in [-0.25, -0.2) is 15.2 Å². The van der Waals surface area contributed by atoms with E-state index >= 15 is 0 Å². The average Bonchev–Trinajstić information content (AvgIpc) is 2.58. The lowest BCUT2D eigenvalue weighted by atomic mass is 9.93. The maximum atomic E-state index is 14.7. The van der Waals surface area contributed by atoms with E-state index in [1.165, 1.54) is 0 Å². The first kappa shape index (κ1) is 17.8. The molecule has 1 aliphatic rings. The van der Waals surface area contributed by atoms with Gasteiger partial charge in [-0.2, -0.15) is 0 Å². The molecular formula is C16H14Br3FN4. The summed E-state index contributed by atoms with van der Waals surface area (Å²) in [6.07, 6.45) is 0.605. The second kappa shape index (κ2) is 7.51. The van der Waals surface area contributed by atoms with Gasteiger partial charge in [0.05, 0.1) is 16.6 Å². The highest BCUT2D eigenvalue weighted by Crippen LogP contribution is 2.38. The highest BCUT2D eigenvalue weighted by atomic mass is 79.9. The van der Waals surface area contributed by atoms with E-state index in [1.54, 1.807) is 6.07 Å². The quantitative estimate of drug-likeness (QED) is 0.305. The molecule has 2 atom stereocenters. The molecule has 0 aliphatic carbocycles. The predicted octanol–water partition coefficient (Wildman–Crippen LogP) is 4.71. The minimum Gasteiger partial charge on any atom is -0.348 e. The fourth-order valence-corrected chi connectivity index (χ4v) is 4.09. The van der Waals surface area contributed by atoms with Gasteiger partial charge in [0.2, 0.25) is 5.96 Å². The van der Waals surface area contributed by atoms with Crippen LogP contribution in [0.1, 0.15) is 29.6 Å². The molecule has 0 amide bonds. The second-order valence-corrected chi connectivity index (χ2v) is 8.01. The second-order valence-electron chi connectivity index (χ2n) is 5.38. The Morgan fingerprint density at radius 2 is 1.92 bits per heavy atom. The van der Waals surface area contributed by atoms with Crippen LogP contribution in [0.2, 0.25) is 0 Å². The molecule has 2 unspecified atom stereocenters. The molecular weight excluding hydrogens is 507 g/mol. The lowest BCUT2D eigenvalue weighted by molar-refractivity contribution is 0.457. The Labute approximate surface area is 164 Å². The third kappa shape index (κ3) is 3.66. The van der Waals surface area contributed by atoms with Gasteiger partial charge in [0.15, 0.2) is 0 Å². The Morgan fingerprint density at radius 1 is 1.17 bits per heavy atom. The number of rotatable bonds is 2. The van der Waals surface area contributed by atoms with E-state index in [2.05, 4.69) is 63.5 Å². The number of nitrogens with one attached hydrogen (secondary N) is 2. The monoisotopic (exact) mass is 518 g/mol. The van der Waals surface area contributed by atoms with Crippen molar-refractivity contribution in [2.45, 2.75) is 18.5 Å². The van der Waals surface area contributed by atoms with E-state index in [0.717, 1.165) is 10.0 Å². The summed E-state index contributed by atoms with van der Waals surface area (Å²) in [6, 6.07) is 11.0. The van der Waals surface area contributed by atoms with Crippen LogP contribution in [-0.4, -0.2) is 5.96 Å². The summed E-state index contributed by atoms with van der Waals surface area (Å²) in [5.74, 6) is 5.69. The lowest BCUT2D eigenvalue weighted by Gasteiger charge is -2.31. The molecule has 0 aromatic heterocycles. The molecule has 126 valence electrons. The van der Waals surface area contributed by atoms with E-state index in [0.29, 0.717) is 26.9 Å². The molecule has 0 bridgehead atoms. The number of guanidine groups is 1. The van der Waals surface area contributed by atoms with Crippen LogP contribution in [0.3, 0.4) is 0 Å². The van der Waals surface area contributed by atoms with E-state index in [4.69, 9.17) is 5.84 Å². The zero-order valence-electron chi connectivity index (χ0n) is 12.4. The molecule has 2 aromatic rings. The molecule has 0 fully saturated rings. The zero-order valence-corrected chi connectivity index (χ0v) is 17.1. The van der Waals surface area contributed by atoms with E-state index in [1.807, 2.05) is 30.3 Å². The van der Waals surface area contributed by atoms with Crippen LogP contribution in [0.25, 0.3) is 0 Å². The van der Waals surface area contributed by atoms with Crippen molar-refractivity contribution in [3.8, 4) is 0 Å². The molecule has 4 nitrogen and oxygen atoms in total. The van der Waals surface area contributed by atoms with Gasteiger partial charge in [0.1, 0.15) is 5.82 Å². The maximum Gasteiger partial charge on any atom is 0.206 e. The summed E-state index contributed by atoms with van der Waals surface area (Å²) in [6.45, 7) is 0. The molecule has 2 aromatic carbocycles. The smallest absolute Gasteiger partial charge is 0.206 e. The standard InChI is InChI=1S/C16H14Br3FN4/c17-9-3-1-2-8(6-9)12-7-13(23-16(22-12)24-21)14-10(18)4-5-11(19)15(14)20/h1-6,12-13H,7,21H2,(H2,22,23,24). The summed E-state index contributed by atoms with van der Waals surface area (Å²) in [7, 11) is 0.